The third-order valence-corrected chi connectivity index (χ3v) is 0.425. The van der Waals surface area contributed by atoms with Gasteiger partial charge in [-0.3, -0.25) is 0 Å². The number of methoxy groups -OCH3 is 1. The molecule has 0 aromatic heterocycles. The molecule has 0 aromatic rings. The van der Waals surface area contributed by atoms with Crippen LogP contribution in [0.4, 0.5) is 4.39 Å². The van der Waals surface area contributed by atoms with E-state index < -0.39 is 5.83 Å². The van der Waals surface area contributed by atoms with Crippen LogP contribution in [0, 0.1) is 0 Å². The second-order valence-electron chi connectivity index (χ2n) is 0.943. The lowest BCUT2D eigenvalue weighted by atomic mass is 10.6. The van der Waals surface area contributed by atoms with Crippen LogP contribution >= 0.6 is 0 Å². The van der Waals surface area contributed by atoms with E-state index in [1.807, 2.05) is 0 Å². The zero-order valence-electron chi connectivity index (χ0n) is 4.15. The standard InChI is InChI=1S/C5H7FO/c1-3-5(6)4-7-2/h3-4H,1H2,2H3/b5-4-. The monoisotopic (exact) mass is 102 g/mol. The van der Waals surface area contributed by atoms with Gasteiger partial charge in [0.05, 0.1) is 7.11 Å². The quantitative estimate of drug-likeness (QED) is 0.380. The first-order valence-corrected chi connectivity index (χ1v) is 1.82. The molecule has 0 aliphatic rings. The molecule has 2 heteroatoms. The summed E-state index contributed by atoms with van der Waals surface area (Å²) < 4.78 is 16.0. The number of hydrogen-bond donors (Lipinski definition) is 0. The summed E-state index contributed by atoms with van der Waals surface area (Å²) in [5, 5.41) is 0. The van der Waals surface area contributed by atoms with Crippen molar-refractivity contribution in [2.75, 3.05) is 7.11 Å². The molecule has 7 heavy (non-hydrogen) atoms. The summed E-state index contributed by atoms with van der Waals surface area (Å²) in [6.45, 7) is 3.16. The van der Waals surface area contributed by atoms with Crippen LogP contribution in [0.2, 0.25) is 0 Å². The van der Waals surface area contributed by atoms with Gasteiger partial charge in [-0.1, -0.05) is 6.58 Å². The Morgan fingerprint density at radius 2 is 2.43 bits per heavy atom. The second-order valence-corrected chi connectivity index (χ2v) is 0.943. The number of ether oxygens (including phenoxy) is 1. The molecule has 1 nitrogen and oxygen atoms in total. The Balaban J connectivity index is 3.49. The van der Waals surface area contributed by atoms with Gasteiger partial charge in [-0.25, -0.2) is 4.39 Å². The first kappa shape index (κ1) is 6.21. The van der Waals surface area contributed by atoms with Crippen LogP contribution in [0.3, 0.4) is 0 Å². The molecule has 0 amide bonds. The third-order valence-electron chi connectivity index (χ3n) is 0.425. The lowest BCUT2D eigenvalue weighted by Crippen LogP contribution is -1.66. The van der Waals surface area contributed by atoms with Crippen molar-refractivity contribution in [3.63, 3.8) is 0 Å². The van der Waals surface area contributed by atoms with Crippen LogP contribution in [0.1, 0.15) is 0 Å². The summed E-state index contributed by atoms with van der Waals surface area (Å²) in [5.41, 5.74) is 0. The Labute approximate surface area is 42.1 Å². The summed E-state index contributed by atoms with van der Waals surface area (Å²) in [4.78, 5) is 0. The molecule has 0 atom stereocenters. The van der Waals surface area contributed by atoms with Crippen LogP contribution in [0.5, 0.6) is 0 Å². The minimum atomic E-state index is -0.456. The molecule has 0 heterocycles. The maximum atomic E-state index is 11.8. The van der Waals surface area contributed by atoms with Crippen molar-refractivity contribution in [3.8, 4) is 0 Å². The van der Waals surface area contributed by atoms with Crippen LogP contribution in [-0.2, 0) is 4.74 Å². The van der Waals surface area contributed by atoms with Crippen LogP contribution in [0.15, 0.2) is 24.7 Å². The Bertz CT molecular complexity index is 86.1. The van der Waals surface area contributed by atoms with E-state index in [9.17, 15) is 4.39 Å². The molecule has 0 saturated carbocycles. The summed E-state index contributed by atoms with van der Waals surface area (Å²) in [5.74, 6) is -0.456. The molecule has 0 aliphatic heterocycles. The van der Waals surface area contributed by atoms with Gasteiger partial charge < -0.3 is 4.74 Å². The highest BCUT2D eigenvalue weighted by Gasteiger charge is 1.78. The Morgan fingerprint density at radius 3 is 2.57 bits per heavy atom. The van der Waals surface area contributed by atoms with Gasteiger partial charge in [0.1, 0.15) is 6.26 Å². The highest BCUT2D eigenvalue weighted by atomic mass is 19.1. The molecule has 0 fully saturated rings. The third kappa shape index (κ3) is 3.03. The molecule has 0 spiro atoms. The Morgan fingerprint density at radius 1 is 1.86 bits per heavy atom. The van der Waals surface area contributed by atoms with Crippen LogP contribution < -0.4 is 0 Å². The SMILES string of the molecule is C=C/C(F)=C/OC. The highest BCUT2D eigenvalue weighted by molar-refractivity contribution is 5.03. The summed E-state index contributed by atoms with van der Waals surface area (Å²) in [7, 11) is 1.38. The van der Waals surface area contributed by atoms with Gasteiger partial charge >= 0.3 is 0 Å². The molecule has 0 radical (unpaired) electrons. The Kier molecular flexibility index (Phi) is 3.02. The van der Waals surface area contributed by atoms with Gasteiger partial charge in [0.15, 0.2) is 5.83 Å². The van der Waals surface area contributed by atoms with E-state index in [4.69, 9.17) is 0 Å². The molecule has 40 valence electrons. The minimum Gasteiger partial charge on any atom is -0.501 e. The molecule has 0 N–H and O–H groups in total. The van der Waals surface area contributed by atoms with E-state index in [0.29, 0.717) is 0 Å². The fourth-order valence-corrected chi connectivity index (χ4v) is 0.161. The fourth-order valence-electron chi connectivity index (χ4n) is 0.161. The van der Waals surface area contributed by atoms with Gasteiger partial charge in [0.2, 0.25) is 0 Å². The lowest BCUT2D eigenvalue weighted by molar-refractivity contribution is 0.325. The molecule has 0 aliphatic carbocycles. The predicted octanol–water partition coefficient (Wildman–Crippen LogP) is 1.63. The average Bonchev–Trinajstić information content (AvgIpc) is 1.68. The fraction of sp³-hybridized carbons (Fsp3) is 0.200. The number of allylic oxidation sites excluding steroid dienone is 2. The van der Waals surface area contributed by atoms with Crippen LogP contribution in [0.25, 0.3) is 0 Å². The van der Waals surface area contributed by atoms with Crippen LogP contribution in [-0.4, -0.2) is 7.11 Å². The van der Waals surface area contributed by atoms with Crippen molar-refractivity contribution >= 4 is 0 Å². The number of hydrogen-bond acceptors (Lipinski definition) is 1. The van der Waals surface area contributed by atoms with Gasteiger partial charge in [-0.2, -0.15) is 0 Å². The van der Waals surface area contributed by atoms with Gasteiger partial charge in [0, 0.05) is 0 Å². The first-order valence-electron chi connectivity index (χ1n) is 1.82. The second kappa shape index (κ2) is 3.40. The van der Waals surface area contributed by atoms with E-state index in [0.717, 1.165) is 12.3 Å². The lowest BCUT2D eigenvalue weighted by Gasteiger charge is -1.83. The molecule has 0 bridgehead atoms. The molecule has 0 rings (SSSR count). The van der Waals surface area contributed by atoms with Crippen molar-refractivity contribution in [2.24, 2.45) is 0 Å². The van der Waals surface area contributed by atoms with Gasteiger partial charge in [-0.05, 0) is 6.08 Å². The summed E-state index contributed by atoms with van der Waals surface area (Å²) in [6.07, 6.45) is 2.05. The van der Waals surface area contributed by atoms with Crippen molar-refractivity contribution in [1.29, 1.82) is 0 Å². The van der Waals surface area contributed by atoms with E-state index in [1.54, 1.807) is 0 Å². The molecule has 0 saturated heterocycles. The largest absolute Gasteiger partial charge is 0.501 e. The smallest absolute Gasteiger partial charge is 0.156 e. The zero-order valence-corrected chi connectivity index (χ0v) is 4.15. The maximum absolute atomic E-state index is 11.8. The Hall–Kier alpha value is -0.790. The summed E-state index contributed by atoms with van der Waals surface area (Å²) in [6, 6.07) is 0. The minimum absolute atomic E-state index is 0.456. The van der Waals surface area contributed by atoms with E-state index in [-0.39, 0.29) is 0 Å². The van der Waals surface area contributed by atoms with E-state index in [1.165, 1.54) is 7.11 Å². The zero-order chi connectivity index (χ0) is 5.70. The molecule has 0 aromatic carbocycles. The van der Waals surface area contributed by atoms with Crippen molar-refractivity contribution < 1.29 is 9.13 Å². The van der Waals surface area contributed by atoms with E-state index in [2.05, 4.69) is 11.3 Å². The first-order chi connectivity index (χ1) is 3.31. The van der Waals surface area contributed by atoms with Crippen molar-refractivity contribution in [2.45, 2.75) is 0 Å². The summed E-state index contributed by atoms with van der Waals surface area (Å²) >= 11 is 0. The highest BCUT2D eigenvalue weighted by Crippen LogP contribution is 1.93. The van der Waals surface area contributed by atoms with Crippen molar-refractivity contribution in [1.82, 2.24) is 0 Å². The number of halogens is 1. The number of rotatable bonds is 2. The molecular formula is C5H7FO. The van der Waals surface area contributed by atoms with E-state index >= 15 is 0 Å². The molecular weight excluding hydrogens is 95.1 g/mol. The maximum Gasteiger partial charge on any atom is 0.156 e. The van der Waals surface area contributed by atoms with Crippen molar-refractivity contribution in [3.05, 3.63) is 24.7 Å². The predicted molar refractivity (Wildman–Crippen MR) is 26.4 cm³/mol. The topological polar surface area (TPSA) is 9.23 Å². The normalized spacial score (nSPS) is 10.9. The molecule has 0 unspecified atom stereocenters. The van der Waals surface area contributed by atoms with Gasteiger partial charge in [0.25, 0.3) is 0 Å². The van der Waals surface area contributed by atoms with Gasteiger partial charge in [-0.15, -0.1) is 0 Å². The average molecular weight is 102 g/mol.